The van der Waals surface area contributed by atoms with Gasteiger partial charge in [-0.05, 0) is 18.9 Å². The molecule has 1 unspecified atom stereocenters. The van der Waals surface area contributed by atoms with Crippen molar-refractivity contribution in [3.05, 3.63) is 35.4 Å². The Morgan fingerprint density at radius 2 is 2.04 bits per heavy atom. The number of nitrogens with one attached hydrogen (secondary N) is 1. The number of guanidine groups is 1. The Kier molecular flexibility index (Phi) is 11.9. The molecule has 0 radical (unpaired) electrons. The number of ether oxygens (including phenoxy) is 1. The minimum atomic E-state index is 0. The van der Waals surface area contributed by atoms with Gasteiger partial charge in [0.15, 0.2) is 5.96 Å². The van der Waals surface area contributed by atoms with Crippen LogP contribution in [-0.2, 0) is 4.74 Å². The van der Waals surface area contributed by atoms with E-state index >= 15 is 0 Å². The van der Waals surface area contributed by atoms with Crippen LogP contribution in [-0.4, -0.2) is 50.3 Å². The van der Waals surface area contributed by atoms with Crippen molar-refractivity contribution < 1.29 is 4.74 Å². The third kappa shape index (κ3) is 8.22. The van der Waals surface area contributed by atoms with Crippen LogP contribution in [0.25, 0.3) is 0 Å². The van der Waals surface area contributed by atoms with Crippen molar-refractivity contribution in [2.24, 2.45) is 10.7 Å². The molecular weight excluding hydrogens is 439 g/mol. The molecule has 0 spiro atoms. The Morgan fingerprint density at radius 3 is 2.73 bits per heavy atom. The Bertz CT molecular complexity index is 532. The Morgan fingerprint density at radius 1 is 1.27 bits per heavy atom. The van der Waals surface area contributed by atoms with Crippen molar-refractivity contribution in [1.82, 2.24) is 10.2 Å². The summed E-state index contributed by atoms with van der Waals surface area (Å²) in [5.74, 6) is 0.558. The van der Waals surface area contributed by atoms with Gasteiger partial charge in [-0.15, -0.1) is 24.0 Å². The lowest BCUT2D eigenvalue weighted by atomic mass is 10.0. The molecule has 1 fully saturated rings. The van der Waals surface area contributed by atoms with Gasteiger partial charge >= 0.3 is 0 Å². The predicted molar refractivity (Wildman–Crippen MR) is 120 cm³/mol. The van der Waals surface area contributed by atoms with Gasteiger partial charge in [-0.3, -0.25) is 9.89 Å². The number of rotatable bonds is 9. The van der Waals surface area contributed by atoms with Gasteiger partial charge in [0.05, 0.1) is 25.8 Å². The third-order valence-electron chi connectivity index (χ3n) is 4.68. The van der Waals surface area contributed by atoms with Crippen LogP contribution in [0, 0.1) is 6.92 Å². The first-order chi connectivity index (χ1) is 12.2. The van der Waals surface area contributed by atoms with Gasteiger partial charge < -0.3 is 15.8 Å². The zero-order valence-electron chi connectivity index (χ0n) is 16.2. The molecule has 148 valence electrons. The molecule has 6 heteroatoms. The number of hydrogen-bond donors (Lipinski definition) is 2. The van der Waals surface area contributed by atoms with Gasteiger partial charge in [0.2, 0.25) is 0 Å². The average molecular weight is 474 g/mol. The zero-order valence-corrected chi connectivity index (χ0v) is 18.6. The first-order valence-corrected chi connectivity index (χ1v) is 9.63. The molecule has 3 N–H and O–H groups in total. The molecule has 0 bridgehead atoms. The largest absolute Gasteiger partial charge is 0.379 e. The summed E-state index contributed by atoms with van der Waals surface area (Å²) < 4.78 is 5.51. The molecule has 0 aliphatic carbocycles. The second-order valence-electron chi connectivity index (χ2n) is 6.79. The van der Waals surface area contributed by atoms with E-state index in [2.05, 4.69) is 53.3 Å². The highest BCUT2D eigenvalue weighted by Gasteiger charge is 2.22. The summed E-state index contributed by atoms with van der Waals surface area (Å²) in [6, 6.07) is 8.96. The summed E-state index contributed by atoms with van der Waals surface area (Å²) >= 11 is 0. The molecule has 1 aliphatic rings. The quantitative estimate of drug-likeness (QED) is 0.249. The number of morpholine rings is 1. The molecule has 1 aliphatic heterocycles. The SMILES string of the molecule is CCCCCCNC(N)=NCC(c1cccc(C)c1)N1CCOCC1.I. The molecule has 0 saturated carbocycles. The fourth-order valence-electron chi connectivity index (χ4n) is 3.21. The first kappa shape index (κ1) is 23.2. The second-order valence-corrected chi connectivity index (χ2v) is 6.79. The summed E-state index contributed by atoms with van der Waals surface area (Å²) in [7, 11) is 0. The molecule has 5 nitrogen and oxygen atoms in total. The van der Waals surface area contributed by atoms with Crippen LogP contribution in [0.3, 0.4) is 0 Å². The summed E-state index contributed by atoms with van der Waals surface area (Å²) in [5, 5.41) is 3.25. The summed E-state index contributed by atoms with van der Waals surface area (Å²) in [4.78, 5) is 7.08. The minimum absolute atomic E-state index is 0. The molecule has 1 atom stereocenters. The zero-order chi connectivity index (χ0) is 17.9. The van der Waals surface area contributed by atoms with E-state index in [9.17, 15) is 0 Å². The van der Waals surface area contributed by atoms with Gasteiger partial charge in [0, 0.05) is 19.6 Å². The number of aliphatic imine (C=N–C) groups is 1. The van der Waals surface area contributed by atoms with Crippen molar-refractivity contribution in [1.29, 1.82) is 0 Å². The Labute approximate surface area is 175 Å². The second kappa shape index (κ2) is 13.3. The normalized spacial score (nSPS) is 16.8. The van der Waals surface area contributed by atoms with Crippen LogP contribution < -0.4 is 11.1 Å². The monoisotopic (exact) mass is 474 g/mol. The van der Waals surface area contributed by atoms with Crippen molar-refractivity contribution in [2.75, 3.05) is 39.4 Å². The standard InChI is InChI=1S/C20H34N4O.HI/c1-3-4-5-6-10-22-20(21)23-16-19(24-11-13-25-14-12-24)18-9-7-8-17(2)15-18;/h7-9,15,19H,3-6,10-14,16H2,1-2H3,(H3,21,22,23);1H. The lowest BCUT2D eigenvalue weighted by molar-refractivity contribution is 0.0180. The van der Waals surface area contributed by atoms with E-state index in [4.69, 9.17) is 10.5 Å². The molecule has 26 heavy (non-hydrogen) atoms. The maximum absolute atomic E-state index is 6.07. The molecule has 1 aromatic rings. The molecule has 0 aromatic heterocycles. The predicted octanol–water partition coefficient (Wildman–Crippen LogP) is 3.47. The fraction of sp³-hybridized carbons (Fsp3) is 0.650. The molecule has 0 amide bonds. The lowest BCUT2D eigenvalue weighted by Gasteiger charge is -2.34. The lowest BCUT2D eigenvalue weighted by Crippen LogP contribution is -2.41. The number of halogens is 1. The highest BCUT2D eigenvalue weighted by atomic mass is 127. The fourth-order valence-corrected chi connectivity index (χ4v) is 3.21. The van der Waals surface area contributed by atoms with E-state index in [1.165, 1.54) is 30.4 Å². The van der Waals surface area contributed by atoms with Gasteiger partial charge in [-0.2, -0.15) is 0 Å². The highest BCUT2D eigenvalue weighted by molar-refractivity contribution is 14.0. The number of hydrogen-bond acceptors (Lipinski definition) is 3. The van der Waals surface area contributed by atoms with Crippen LogP contribution in [0.4, 0.5) is 0 Å². The topological polar surface area (TPSA) is 62.9 Å². The summed E-state index contributed by atoms with van der Waals surface area (Å²) in [5.41, 5.74) is 8.66. The van der Waals surface area contributed by atoms with Gasteiger partial charge in [-0.25, -0.2) is 0 Å². The molecule has 2 rings (SSSR count). The number of unbranched alkanes of at least 4 members (excludes halogenated alkanes) is 3. The number of benzene rings is 1. The van der Waals surface area contributed by atoms with Crippen LogP contribution in [0.5, 0.6) is 0 Å². The van der Waals surface area contributed by atoms with Crippen LogP contribution >= 0.6 is 24.0 Å². The van der Waals surface area contributed by atoms with Gasteiger partial charge in [-0.1, -0.05) is 56.0 Å². The maximum Gasteiger partial charge on any atom is 0.188 e. The van der Waals surface area contributed by atoms with Crippen molar-refractivity contribution in [2.45, 2.75) is 45.6 Å². The first-order valence-electron chi connectivity index (χ1n) is 9.63. The number of aryl methyl sites for hydroxylation is 1. The van der Waals surface area contributed by atoms with Crippen LogP contribution in [0.15, 0.2) is 29.3 Å². The minimum Gasteiger partial charge on any atom is -0.379 e. The Balaban J connectivity index is 0.00000338. The Hall–Kier alpha value is -0.860. The van der Waals surface area contributed by atoms with Crippen LogP contribution in [0.2, 0.25) is 0 Å². The van der Waals surface area contributed by atoms with E-state index in [1.807, 2.05) is 0 Å². The van der Waals surface area contributed by atoms with E-state index in [-0.39, 0.29) is 30.0 Å². The summed E-state index contributed by atoms with van der Waals surface area (Å²) in [6.45, 7) is 9.40. The number of nitrogens with zero attached hydrogens (tertiary/aromatic N) is 2. The van der Waals surface area contributed by atoms with Gasteiger partial charge in [0.25, 0.3) is 0 Å². The molecule has 1 heterocycles. The van der Waals surface area contributed by atoms with E-state index in [0.29, 0.717) is 12.5 Å². The van der Waals surface area contributed by atoms with Crippen LogP contribution in [0.1, 0.15) is 49.8 Å². The van der Waals surface area contributed by atoms with Crippen molar-refractivity contribution >= 4 is 29.9 Å². The maximum atomic E-state index is 6.07. The molecule has 1 aromatic carbocycles. The number of nitrogens with two attached hydrogens (primary N) is 1. The summed E-state index contributed by atoms with van der Waals surface area (Å²) in [6.07, 6.45) is 4.93. The molecule has 1 saturated heterocycles. The molecular formula is C20H35IN4O. The van der Waals surface area contributed by atoms with E-state index in [1.54, 1.807) is 0 Å². The van der Waals surface area contributed by atoms with Gasteiger partial charge in [0.1, 0.15) is 0 Å². The third-order valence-corrected chi connectivity index (χ3v) is 4.68. The van der Waals surface area contributed by atoms with E-state index in [0.717, 1.165) is 39.3 Å². The average Bonchev–Trinajstić information content (AvgIpc) is 2.63. The highest BCUT2D eigenvalue weighted by Crippen LogP contribution is 2.23. The van der Waals surface area contributed by atoms with E-state index < -0.39 is 0 Å². The van der Waals surface area contributed by atoms with Crippen molar-refractivity contribution in [3.8, 4) is 0 Å². The smallest absolute Gasteiger partial charge is 0.188 e. The van der Waals surface area contributed by atoms with Crippen molar-refractivity contribution in [3.63, 3.8) is 0 Å².